The first-order valence-corrected chi connectivity index (χ1v) is 7.35. The summed E-state index contributed by atoms with van der Waals surface area (Å²) < 4.78 is 5.77. The molecule has 0 radical (unpaired) electrons. The molecule has 20 heavy (non-hydrogen) atoms. The smallest absolute Gasteiger partial charge is 0.124 e. The molecule has 2 N–H and O–H groups in total. The van der Waals surface area contributed by atoms with Gasteiger partial charge in [-0.1, -0.05) is 30.3 Å². The van der Waals surface area contributed by atoms with E-state index in [0.29, 0.717) is 6.61 Å². The molecule has 0 saturated heterocycles. The van der Waals surface area contributed by atoms with Crippen molar-refractivity contribution in [2.24, 2.45) is 0 Å². The van der Waals surface area contributed by atoms with Gasteiger partial charge in [-0.3, -0.25) is 0 Å². The van der Waals surface area contributed by atoms with Gasteiger partial charge in [0.05, 0.1) is 6.61 Å². The van der Waals surface area contributed by atoms with Crippen LogP contribution in [0.4, 0.5) is 0 Å². The molecular formula is C17H24N2O. The summed E-state index contributed by atoms with van der Waals surface area (Å²) in [5, 5.41) is 9.21. The van der Waals surface area contributed by atoms with Gasteiger partial charge in [0, 0.05) is 12.1 Å². The molecule has 0 fully saturated rings. The van der Waals surface area contributed by atoms with E-state index in [0.717, 1.165) is 31.8 Å². The average Bonchev–Trinajstić information content (AvgIpc) is 2.49. The first kappa shape index (κ1) is 14.8. The van der Waals surface area contributed by atoms with Gasteiger partial charge in [-0.15, -0.1) is 0 Å². The molecule has 2 rings (SSSR count). The maximum absolute atomic E-state index is 5.77. The van der Waals surface area contributed by atoms with E-state index in [1.165, 1.54) is 16.3 Å². The lowest BCUT2D eigenvalue weighted by molar-refractivity contribution is 0.336. The van der Waals surface area contributed by atoms with Gasteiger partial charge >= 0.3 is 0 Å². The van der Waals surface area contributed by atoms with Gasteiger partial charge < -0.3 is 15.4 Å². The van der Waals surface area contributed by atoms with Crippen LogP contribution in [0.3, 0.4) is 0 Å². The summed E-state index contributed by atoms with van der Waals surface area (Å²) >= 11 is 0. The van der Waals surface area contributed by atoms with E-state index in [1.54, 1.807) is 0 Å². The van der Waals surface area contributed by atoms with Crippen LogP contribution in [0.15, 0.2) is 36.4 Å². The van der Waals surface area contributed by atoms with Crippen LogP contribution in [0.25, 0.3) is 10.8 Å². The summed E-state index contributed by atoms with van der Waals surface area (Å²) in [6.07, 6.45) is 1.13. The van der Waals surface area contributed by atoms with E-state index >= 15 is 0 Å². The third-order valence-electron chi connectivity index (χ3n) is 3.38. The summed E-state index contributed by atoms with van der Waals surface area (Å²) in [5.41, 5.74) is 1.26. The van der Waals surface area contributed by atoms with Crippen LogP contribution in [0.2, 0.25) is 0 Å². The monoisotopic (exact) mass is 272 g/mol. The predicted molar refractivity (Wildman–Crippen MR) is 85.4 cm³/mol. The molecule has 108 valence electrons. The zero-order valence-corrected chi connectivity index (χ0v) is 12.4. The van der Waals surface area contributed by atoms with E-state index in [2.05, 4.69) is 47.0 Å². The fraction of sp³-hybridized carbons (Fsp3) is 0.412. The van der Waals surface area contributed by atoms with Crippen molar-refractivity contribution >= 4 is 10.8 Å². The lowest BCUT2D eigenvalue weighted by Crippen LogP contribution is -2.20. The Bertz CT molecular complexity index is 540. The normalized spacial score (nSPS) is 10.9. The second-order valence-corrected chi connectivity index (χ2v) is 4.83. The molecule has 2 aromatic rings. The van der Waals surface area contributed by atoms with Gasteiger partial charge in [-0.05, 0) is 50.3 Å². The van der Waals surface area contributed by atoms with Gasteiger partial charge in [0.2, 0.25) is 0 Å². The van der Waals surface area contributed by atoms with Crippen LogP contribution < -0.4 is 15.4 Å². The summed E-state index contributed by atoms with van der Waals surface area (Å²) in [6, 6.07) is 12.7. The molecule has 0 aliphatic rings. The number of fused-ring (bicyclic) bond motifs is 1. The molecular weight excluding hydrogens is 248 g/mol. The molecule has 0 amide bonds. The van der Waals surface area contributed by atoms with E-state index < -0.39 is 0 Å². The molecule has 0 unspecified atom stereocenters. The highest BCUT2D eigenvalue weighted by Gasteiger charge is 2.07. The largest absolute Gasteiger partial charge is 0.494 e. The number of ether oxygens (including phenoxy) is 1. The molecule has 3 nitrogen and oxygen atoms in total. The zero-order chi connectivity index (χ0) is 14.2. The Morgan fingerprint density at radius 1 is 1.05 bits per heavy atom. The minimum atomic E-state index is 0.699. The first-order valence-electron chi connectivity index (χ1n) is 7.35. The van der Waals surface area contributed by atoms with Crippen LogP contribution in [0, 0.1) is 0 Å². The second-order valence-electron chi connectivity index (χ2n) is 4.83. The molecule has 2 aromatic carbocycles. The van der Waals surface area contributed by atoms with Crippen molar-refractivity contribution in [3.8, 4) is 5.75 Å². The minimum Gasteiger partial charge on any atom is -0.494 e. The number of hydrogen-bond acceptors (Lipinski definition) is 3. The van der Waals surface area contributed by atoms with Gasteiger partial charge in [-0.2, -0.15) is 0 Å². The Morgan fingerprint density at radius 2 is 1.90 bits per heavy atom. The van der Waals surface area contributed by atoms with Crippen LogP contribution >= 0.6 is 0 Å². The minimum absolute atomic E-state index is 0.699. The van der Waals surface area contributed by atoms with E-state index in [9.17, 15) is 0 Å². The van der Waals surface area contributed by atoms with Crippen LogP contribution in [0.5, 0.6) is 5.75 Å². The topological polar surface area (TPSA) is 33.3 Å². The Kier molecular flexibility index (Phi) is 5.84. The zero-order valence-electron chi connectivity index (χ0n) is 12.4. The highest BCUT2D eigenvalue weighted by Crippen LogP contribution is 2.28. The summed E-state index contributed by atoms with van der Waals surface area (Å²) in [6.45, 7) is 5.63. The van der Waals surface area contributed by atoms with E-state index in [4.69, 9.17) is 4.74 Å². The fourth-order valence-electron chi connectivity index (χ4n) is 2.39. The summed E-state index contributed by atoms with van der Waals surface area (Å²) in [5.74, 6) is 0.993. The molecule has 0 aliphatic carbocycles. The Labute approximate surface area is 121 Å². The van der Waals surface area contributed by atoms with Crippen molar-refractivity contribution in [3.63, 3.8) is 0 Å². The number of nitrogens with one attached hydrogen (secondary N) is 2. The summed E-state index contributed by atoms with van der Waals surface area (Å²) in [7, 11) is 1.98. The quantitative estimate of drug-likeness (QED) is 0.725. The predicted octanol–water partition coefficient (Wildman–Crippen LogP) is 2.94. The molecule has 0 bridgehead atoms. The lowest BCUT2D eigenvalue weighted by Gasteiger charge is -2.14. The van der Waals surface area contributed by atoms with Crippen molar-refractivity contribution in [1.82, 2.24) is 10.6 Å². The van der Waals surface area contributed by atoms with Crippen LogP contribution in [-0.2, 0) is 6.54 Å². The third kappa shape index (κ3) is 3.71. The average molecular weight is 272 g/mol. The van der Waals surface area contributed by atoms with Gasteiger partial charge in [0.1, 0.15) is 5.75 Å². The number of benzene rings is 2. The lowest BCUT2D eigenvalue weighted by atomic mass is 10.0. The molecule has 0 aliphatic heterocycles. The molecule has 0 heterocycles. The SMILES string of the molecule is CCOc1ccc2ccccc2c1CNCCCNC. The second kappa shape index (κ2) is 7.88. The van der Waals surface area contributed by atoms with Crippen LogP contribution in [-0.4, -0.2) is 26.7 Å². The Balaban J connectivity index is 2.16. The van der Waals surface area contributed by atoms with Gasteiger partial charge in [0.15, 0.2) is 0 Å². The van der Waals surface area contributed by atoms with Crippen molar-refractivity contribution < 1.29 is 4.74 Å². The number of rotatable bonds is 8. The maximum Gasteiger partial charge on any atom is 0.124 e. The van der Waals surface area contributed by atoms with E-state index in [1.807, 2.05) is 14.0 Å². The maximum atomic E-state index is 5.77. The van der Waals surface area contributed by atoms with Crippen molar-refractivity contribution in [3.05, 3.63) is 42.0 Å². The highest BCUT2D eigenvalue weighted by molar-refractivity contribution is 5.87. The molecule has 3 heteroatoms. The van der Waals surface area contributed by atoms with Crippen molar-refractivity contribution in [2.45, 2.75) is 19.9 Å². The molecule has 0 saturated carbocycles. The fourth-order valence-corrected chi connectivity index (χ4v) is 2.39. The van der Waals surface area contributed by atoms with Gasteiger partial charge in [0.25, 0.3) is 0 Å². The van der Waals surface area contributed by atoms with E-state index in [-0.39, 0.29) is 0 Å². The van der Waals surface area contributed by atoms with Crippen molar-refractivity contribution in [1.29, 1.82) is 0 Å². The highest BCUT2D eigenvalue weighted by atomic mass is 16.5. The molecule has 0 spiro atoms. The Hall–Kier alpha value is -1.58. The molecule has 0 atom stereocenters. The van der Waals surface area contributed by atoms with Crippen LogP contribution in [0.1, 0.15) is 18.9 Å². The Morgan fingerprint density at radius 3 is 2.70 bits per heavy atom. The van der Waals surface area contributed by atoms with Gasteiger partial charge in [-0.25, -0.2) is 0 Å². The standard InChI is InChI=1S/C17H24N2O/c1-3-20-17-10-9-14-7-4-5-8-15(14)16(17)13-19-12-6-11-18-2/h4-5,7-10,18-19H,3,6,11-13H2,1-2H3. The third-order valence-corrected chi connectivity index (χ3v) is 3.38. The first-order chi connectivity index (χ1) is 9.86. The van der Waals surface area contributed by atoms with Crippen molar-refractivity contribution in [2.75, 3.05) is 26.7 Å². The summed E-state index contributed by atoms with van der Waals surface area (Å²) in [4.78, 5) is 0. The number of hydrogen-bond donors (Lipinski definition) is 2. The molecule has 0 aromatic heterocycles.